The van der Waals surface area contributed by atoms with Crippen LogP contribution < -0.4 is 9.47 Å². The highest BCUT2D eigenvalue weighted by Crippen LogP contribution is 2.36. The third-order valence-electron chi connectivity index (χ3n) is 2.35. The van der Waals surface area contributed by atoms with Crippen molar-refractivity contribution in [1.29, 1.82) is 0 Å². The highest BCUT2D eigenvalue weighted by Gasteiger charge is 2.14. The van der Waals surface area contributed by atoms with Crippen LogP contribution in [0.1, 0.15) is 5.82 Å². The van der Waals surface area contributed by atoms with Crippen molar-refractivity contribution in [1.82, 2.24) is 9.97 Å². The van der Waals surface area contributed by atoms with Gasteiger partial charge in [-0.1, -0.05) is 11.6 Å². The van der Waals surface area contributed by atoms with E-state index in [0.717, 1.165) is 0 Å². The molecule has 1 aromatic heterocycles. The molecule has 1 N–H and O–H groups in total. The van der Waals surface area contributed by atoms with Crippen molar-refractivity contribution in [3.8, 4) is 11.5 Å². The summed E-state index contributed by atoms with van der Waals surface area (Å²) in [7, 11) is 3.06. The van der Waals surface area contributed by atoms with Crippen molar-refractivity contribution < 1.29 is 14.6 Å². The van der Waals surface area contributed by atoms with E-state index in [4.69, 9.17) is 26.2 Å². The highest BCUT2D eigenvalue weighted by atomic mass is 35.5. The summed E-state index contributed by atoms with van der Waals surface area (Å²) in [6.07, 6.45) is 0. The van der Waals surface area contributed by atoms with Gasteiger partial charge in [0, 0.05) is 5.39 Å². The zero-order valence-electron chi connectivity index (χ0n) is 9.40. The average Bonchev–Trinajstić information content (AvgIpc) is 2.36. The van der Waals surface area contributed by atoms with Crippen molar-refractivity contribution in [3.05, 3.63) is 23.1 Å². The predicted octanol–water partition coefficient (Wildman–Crippen LogP) is 1.79. The summed E-state index contributed by atoms with van der Waals surface area (Å²) in [5.74, 6) is 1.27. The van der Waals surface area contributed by atoms with E-state index in [0.29, 0.717) is 22.4 Å². The number of methoxy groups -OCH3 is 2. The first-order valence-corrected chi connectivity index (χ1v) is 5.27. The van der Waals surface area contributed by atoms with Gasteiger partial charge in [0.25, 0.3) is 0 Å². The van der Waals surface area contributed by atoms with Gasteiger partial charge < -0.3 is 14.6 Å². The maximum absolute atomic E-state index is 9.06. The number of aromatic nitrogens is 2. The largest absolute Gasteiger partial charge is 0.493 e. The Bertz CT molecular complexity index is 560. The quantitative estimate of drug-likeness (QED) is 0.846. The van der Waals surface area contributed by atoms with Crippen LogP contribution in [0.4, 0.5) is 0 Å². The number of fused-ring (bicyclic) bond motifs is 1. The fraction of sp³-hybridized carbons (Fsp3) is 0.273. The van der Waals surface area contributed by atoms with E-state index < -0.39 is 0 Å². The van der Waals surface area contributed by atoms with Crippen LogP contribution in [0.25, 0.3) is 10.9 Å². The molecule has 5 nitrogen and oxygen atoms in total. The standard InChI is InChI=1S/C11H11ClN2O3/c1-16-7-4-3-6-9(10(7)17-2)13-8(5-15)14-11(6)12/h3-4,15H,5H2,1-2H3. The number of ether oxygens (including phenoxy) is 2. The summed E-state index contributed by atoms with van der Waals surface area (Å²) in [6, 6.07) is 3.48. The molecule has 0 aliphatic carbocycles. The molecule has 2 rings (SSSR count). The molecule has 0 atom stereocenters. The zero-order valence-corrected chi connectivity index (χ0v) is 10.2. The van der Waals surface area contributed by atoms with E-state index in [1.165, 1.54) is 7.11 Å². The van der Waals surface area contributed by atoms with E-state index in [1.54, 1.807) is 19.2 Å². The minimum absolute atomic E-state index is 0.244. The van der Waals surface area contributed by atoms with Gasteiger partial charge in [0.05, 0.1) is 14.2 Å². The van der Waals surface area contributed by atoms with Crippen LogP contribution in [-0.2, 0) is 6.61 Å². The van der Waals surface area contributed by atoms with Gasteiger partial charge >= 0.3 is 0 Å². The molecule has 0 saturated heterocycles. The van der Waals surface area contributed by atoms with Crippen LogP contribution in [0.5, 0.6) is 11.5 Å². The van der Waals surface area contributed by atoms with Crippen molar-refractivity contribution >= 4 is 22.5 Å². The van der Waals surface area contributed by atoms with E-state index in [1.807, 2.05) is 0 Å². The lowest BCUT2D eigenvalue weighted by atomic mass is 10.2. The molecule has 1 heterocycles. The van der Waals surface area contributed by atoms with Gasteiger partial charge in [-0.2, -0.15) is 0 Å². The molecule has 0 spiro atoms. The zero-order chi connectivity index (χ0) is 12.4. The smallest absolute Gasteiger partial charge is 0.187 e. The Morgan fingerprint density at radius 2 is 2.00 bits per heavy atom. The van der Waals surface area contributed by atoms with Gasteiger partial charge in [0.2, 0.25) is 0 Å². The van der Waals surface area contributed by atoms with E-state index >= 15 is 0 Å². The van der Waals surface area contributed by atoms with E-state index in [-0.39, 0.29) is 17.6 Å². The lowest BCUT2D eigenvalue weighted by Gasteiger charge is -2.11. The van der Waals surface area contributed by atoms with Crippen LogP contribution in [0.2, 0.25) is 5.15 Å². The predicted molar refractivity (Wildman–Crippen MR) is 63.6 cm³/mol. The molecule has 6 heteroatoms. The Morgan fingerprint density at radius 3 is 2.59 bits per heavy atom. The molecule has 0 amide bonds. The number of aliphatic hydroxyl groups excluding tert-OH is 1. The molecule has 0 fully saturated rings. The van der Waals surface area contributed by atoms with Crippen LogP contribution in [-0.4, -0.2) is 29.3 Å². The molecule has 0 unspecified atom stereocenters. The Balaban J connectivity index is 2.81. The third kappa shape index (κ3) is 1.99. The summed E-state index contributed by atoms with van der Waals surface area (Å²) in [4.78, 5) is 8.14. The minimum atomic E-state index is -0.282. The van der Waals surface area contributed by atoms with Crippen LogP contribution >= 0.6 is 11.6 Å². The van der Waals surface area contributed by atoms with Crippen molar-refractivity contribution in [3.63, 3.8) is 0 Å². The van der Waals surface area contributed by atoms with Crippen LogP contribution in [0, 0.1) is 0 Å². The minimum Gasteiger partial charge on any atom is -0.493 e. The lowest BCUT2D eigenvalue weighted by Crippen LogP contribution is -1.99. The van der Waals surface area contributed by atoms with Gasteiger partial charge in [-0.05, 0) is 12.1 Å². The number of hydrogen-bond acceptors (Lipinski definition) is 5. The second-order valence-corrected chi connectivity index (χ2v) is 3.64. The number of hydrogen-bond donors (Lipinski definition) is 1. The summed E-state index contributed by atoms with van der Waals surface area (Å²) in [5, 5.41) is 9.99. The van der Waals surface area contributed by atoms with E-state index in [2.05, 4.69) is 9.97 Å². The molecule has 0 aliphatic rings. The molecule has 1 aromatic carbocycles. The number of halogens is 1. The summed E-state index contributed by atoms with van der Waals surface area (Å²) < 4.78 is 10.4. The van der Waals surface area contributed by atoms with Gasteiger partial charge in [-0.15, -0.1) is 0 Å². The fourth-order valence-corrected chi connectivity index (χ4v) is 1.84. The Hall–Kier alpha value is -1.59. The summed E-state index contributed by atoms with van der Waals surface area (Å²) in [5.41, 5.74) is 0.524. The third-order valence-corrected chi connectivity index (χ3v) is 2.64. The summed E-state index contributed by atoms with van der Waals surface area (Å²) >= 11 is 6.01. The molecule has 2 aromatic rings. The van der Waals surface area contributed by atoms with Gasteiger partial charge in [0.15, 0.2) is 17.3 Å². The molecular formula is C11H11ClN2O3. The molecule has 0 radical (unpaired) electrons. The number of rotatable bonds is 3. The summed E-state index contributed by atoms with van der Waals surface area (Å²) in [6.45, 7) is -0.282. The maximum atomic E-state index is 9.06. The Kier molecular flexibility index (Phi) is 3.31. The SMILES string of the molecule is COc1ccc2c(Cl)nc(CO)nc2c1OC. The molecule has 90 valence electrons. The van der Waals surface area contributed by atoms with E-state index in [9.17, 15) is 0 Å². The van der Waals surface area contributed by atoms with Crippen molar-refractivity contribution in [2.75, 3.05) is 14.2 Å². The molecule has 17 heavy (non-hydrogen) atoms. The molecule has 0 aliphatic heterocycles. The number of aliphatic hydroxyl groups is 1. The second kappa shape index (κ2) is 4.73. The van der Waals surface area contributed by atoms with Crippen molar-refractivity contribution in [2.45, 2.75) is 6.61 Å². The highest BCUT2D eigenvalue weighted by molar-refractivity contribution is 6.34. The fourth-order valence-electron chi connectivity index (χ4n) is 1.59. The molecule has 0 saturated carbocycles. The Morgan fingerprint density at radius 1 is 1.24 bits per heavy atom. The van der Waals surface area contributed by atoms with Crippen molar-refractivity contribution in [2.24, 2.45) is 0 Å². The number of benzene rings is 1. The lowest BCUT2D eigenvalue weighted by molar-refractivity contribution is 0.271. The first-order chi connectivity index (χ1) is 8.21. The Labute approximate surface area is 103 Å². The molecular weight excluding hydrogens is 244 g/mol. The first-order valence-electron chi connectivity index (χ1n) is 4.89. The van der Waals surface area contributed by atoms with Gasteiger partial charge in [-0.3, -0.25) is 0 Å². The average molecular weight is 255 g/mol. The second-order valence-electron chi connectivity index (χ2n) is 3.29. The monoisotopic (exact) mass is 254 g/mol. The molecule has 0 bridgehead atoms. The topological polar surface area (TPSA) is 64.5 Å². The van der Waals surface area contributed by atoms with Crippen LogP contribution in [0.3, 0.4) is 0 Å². The number of nitrogens with zero attached hydrogens (tertiary/aromatic N) is 2. The van der Waals surface area contributed by atoms with Crippen LogP contribution in [0.15, 0.2) is 12.1 Å². The first kappa shape index (κ1) is 11.9. The normalized spacial score (nSPS) is 10.6. The maximum Gasteiger partial charge on any atom is 0.187 e. The van der Waals surface area contributed by atoms with Gasteiger partial charge in [-0.25, -0.2) is 9.97 Å². The van der Waals surface area contributed by atoms with Gasteiger partial charge in [0.1, 0.15) is 17.3 Å².